The molecule has 10 heteroatoms. The second-order valence-electron chi connectivity index (χ2n) is 13.7. The van der Waals surface area contributed by atoms with Crippen LogP contribution < -0.4 is 10.6 Å². The first-order chi connectivity index (χ1) is 24.4. The maximum Gasteiger partial charge on any atom is 0.352 e. The van der Waals surface area contributed by atoms with Gasteiger partial charge in [-0.3, -0.25) is 9.59 Å². The first-order valence-corrected chi connectivity index (χ1v) is 17.5. The minimum Gasteiger partial charge on any atom is -0.477 e. The summed E-state index contributed by atoms with van der Waals surface area (Å²) in [6.07, 6.45) is 11.8. The van der Waals surface area contributed by atoms with Crippen LogP contribution in [0.3, 0.4) is 0 Å². The van der Waals surface area contributed by atoms with Crippen LogP contribution in [-0.2, 0) is 11.3 Å². The van der Waals surface area contributed by atoms with Crippen LogP contribution in [0.25, 0.3) is 33.3 Å². The standard InChI is InChI=1S/C40H39N5O5/c46-37(27-13-15-34-32(22-27)42-36(28-17-20-50-25-28)45(34)31-11-5-2-6-12-31)43-40(18-7-8-19-40)39(49)41-30-14-16-33-29(21-30)23-35(38(47)48)44(33)24-26-9-3-1-4-10-26/h1,3-4,9-10,13-17,20-23,25,31H,2,5-8,11-12,18-19,24H2,(H,41,49)(H,43,46)(H,47,48). The second kappa shape index (κ2) is 13.0. The van der Waals surface area contributed by atoms with Gasteiger partial charge in [0.15, 0.2) is 0 Å². The Kier molecular flexibility index (Phi) is 8.22. The lowest BCUT2D eigenvalue weighted by Gasteiger charge is -2.29. The van der Waals surface area contributed by atoms with Crippen LogP contribution in [0.4, 0.5) is 5.69 Å². The summed E-state index contributed by atoms with van der Waals surface area (Å²) in [6.45, 7) is 0.407. The molecule has 0 radical (unpaired) electrons. The number of aromatic nitrogens is 3. The van der Waals surface area contributed by atoms with Crippen molar-refractivity contribution in [3.63, 3.8) is 0 Å². The number of anilines is 1. The predicted octanol–water partition coefficient (Wildman–Crippen LogP) is 8.18. The summed E-state index contributed by atoms with van der Waals surface area (Å²) in [7, 11) is 0. The number of fused-ring (bicyclic) bond motifs is 2. The first-order valence-electron chi connectivity index (χ1n) is 17.5. The van der Waals surface area contributed by atoms with Crippen LogP contribution in [0.1, 0.15) is 90.2 Å². The van der Waals surface area contributed by atoms with Gasteiger partial charge in [0.2, 0.25) is 5.91 Å². The Hall–Kier alpha value is -5.64. The minimum atomic E-state index is -1.07. The van der Waals surface area contributed by atoms with E-state index in [1.165, 1.54) is 19.3 Å². The lowest BCUT2D eigenvalue weighted by Crippen LogP contribution is -2.55. The zero-order chi connectivity index (χ0) is 34.2. The van der Waals surface area contributed by atoms with E-state index in [0.717, 1.165) is 59.2 Å². The first kappa shape index (κ1) is 31.6. The Balaban J connectivity index is 1.05. The lowest BCUT2D eigenvalue weighted by atomic mass is 9.94. The number of hydrogen-bond acceptors (Lipinski definition) is 5. The molecular weight excluding hydrogens is 630 g/mol. The van der Waals surface area contributed by atoms with Crippen LogP contribution >= 0.6 is 0 Å². The van der Waals surface area contributed by atoms with Gasteiger partial charge in [0, 0.05) is 34.7 Å². The van der Waals surface area contributed by atoms with Crippen LogP contribution in [0.5, 0.6) is 0 Å². The fraction of sp³-hybridized carbons (Fsp3) is 0.300. The molecule has 2 saturated carbocycles. The second-order valence-corrected chi connectivity index (χ2v) is 13.7. The Bertz CT molecular complexity index is 2200. The third kappa shape index (κ3) is 5.84. The Morgan fingerprint density at radius 2 is 1.66 bits per heavy atom. The summed E-state index contributed by atoms with van der Waals surface area (Å²) < 4.78 is 9.47. The molecular formula is C40H39N5O5. The SMILES string of the molecule is O=C(NC1(C(=O)Nc2ccc3c(c2)cc(C(=O)O)n3Cc2ccccc2)CCCC1)c1ccc2c(c1)nc(-c1ccoc1)n2C1CCCCC1. The molecule has 3 aromatic carbocycles. The van der Waals surface area contributed by atoms with E-state index < -0.39 is 11.5 Å². The van der Waals surface area contributed by atoms with Gasteiger partial charge in [-0.1, -0.05) is 62.4 Å². The molecule has 10 nitrogen and oxygen atoms in total. The molecule has 2 fully saturated rings. The van der Waals surface area contributed by atoms with Crippen molar-refractivity contribution in [2.45, 2.75) is 75.9 Å². The molecule has 3 N–H and O–H groups in total. The number of hydrogen-bond donors (Lipinski definition) is 3. The van der Waals surface area contributed by atoms with Crippen molar-refractivity contribution in [2.75, 3.05) is 5.32 Å². The van der Waals surface area contributed by atoms with Crippen molar-refractivity contribution in [2.24, 2.45) is 0 Å². The molecule has 50 heavy (non-hydrogen) atoms. The summed E-state index contributed by atoms with van der Waals surface area (Å²) in [4.78, 5) is 45.0. The van der Waals surface area contributed by atoms with Gasteiger partial charge in [0.05, 0.1) is 22.9 Å². The van der Waals surface area contributed by atoms with Gasteiger partial charge in [0.25, 0.3) is 5.91 Å². The van der Waals surface area contributed by atoms with Crippen molar-refractivity contribution >= 4 is 45.4 Å². The number of carbonyl (C=O) groups is 3. The van der Waals surface area contributed by atoms with E-state index in [-0.39, 0.29) is 17.5 Å². The summed E-state index contributed by atoms with van der Waals surface area (Å²) in [6, 6.07) is 24.6. The molecule has 2 amide bonds. The van der Waals surface area contributed by atoms with Crippen molar-refractivity contribution in [3.05, 3.63) is 108 Å². The highest BCUT2D eigenvalue weighted by Gasteiger charge is 2.43. The molecule has 0 unspecified atom stereocenters. The maximum atomic E-state index is 14.0. The molecule has 2 aliphatic rings. The fourth-order valence-corrected chi connectivity index (χ4v) is 7.93. The summed E-state index contributed by atoms with van der Waals surface area (Å²) >= 11 is 0. The van der Waals surface area contributed by atoms with Crippen molar-refractivity contribution in [3.8, 4) is 11.4 Å². The number of imidazole rings is 1. The van der Waals surface area contributed by atoms with E-state index in [4.69, 9.17) is 9.40 Å². The number of carbonyl (C=O) groups excluding carboxylic acids is 2. The molecule has 0 bridgehead atoms. The van der Waals surface area contributed by atoms with E-state index in [2.05, 4.69) is 15.2 Å². The molecule has 3 heterocycles. The van der Waals surface area contributed by atoms with Gasteiger partial charge in [-0.2, -0.15) is 0 Å². The molecule has 2 aliphatic carbocycles. The zero-order valence-corrected chi connectivity index (χ0v) is 27.7. The number of furan rings is 1. The number of aromatic carboxylic acids is 1. The monoisotopic (exact) mass is 669 g/mol. The van der Waals surface area contributed by atoms with Crippen molar-refractivity contribution in [1.29, 1.82) is 0 Å². The van der Waals surface area contributed by atoms with Gasteiger partial charge in [0.1, 0.15) is 23.3 Å². The normalized spacial score (nSPS) is 16.2. The van der Waals surface area contributed by atoms with E-state index >= 15 is 0 Å². The fourth-order valence-electron chi connectivity index (χ4n) is 7.93. The van der Waals surface area contributed by atoms with Gasteiger partial charge >= 0.3 is 5.97 Å². The highest BCUT2D eigenvalue weighted by atomic mass is 16.4. The topological polar surface area (TPSA) is 131 Å². The van der Waals surface area contributed by atoms with Crippen LogP contribution in [0.15, 0.2) is 95.8 Å². The Morgan fingerprint density at radius 3 is 2.40 bits per heavy atom. The zero-order valence-electron chi connectivity index (χ0n) is 27.7. The van der Waals surface area contributed by atoms with Crippen LogP contribution in [0.2, 0.25) is 0 Å². The number of carboxylic acids is 1. The highest BCUT2D eigenvalue weighted by molar-refractivity contribution is 6.06. The largest absolute Gasteiger partial charge is 0.477 e. The van der Waals surface area contributed by atoms with E-state index in [0.29, 0.717) is 42.1 Å². The summed E-state index contributed by atoms with van der Waals surface area (Å²) in [5.74, 6) is -0.782. The lowest BCUT2D eigenvalue weighted by molar-refractivity contribution is -0.122. The number of benzene rings is 3. The number of nitrogens with zero attached hydrogens (tertiary/aromatic N) is 3. The molecule has 3 aromatic heterocycles. The number of amides is 2. The quantitative estimate of drug-likeness (QED) is 0.142. The molecule has 8 rings (SSSR count). The van der Waals surface area contributed by atoms with E-state index in [1.54, 1.807) is 35.3 Å². The van der Waals surface area contributed by atoms with Gasteiger partial charge in [-0.25, -0.2) is 9.78 Å². The maximum absolute atomic E-state index is 14.0. The number of rotatable bonds is 9. The third-order valence-corrected chi connectivity index (χ3v) is 10.5. The van der Waals surface area contributed by atoms with Crippen molar-refractivity contribution < 1.29 is 23.9 Å². The smallest absolute Gasteiger partial charge is 0.352 e. The van der Waals surface area contributed by atoms with E-state index in [1.807, 2.05) is 60.7 Å². The van der Waals surface area contributed by atoms with Crippen LogP contribution in [-0.4, -0.2) is 42.5 Å². The Labute approximate surface area is 289 Å². The minimum absolute atomic E-state index is 0.171. The highest BCUT2D eigenvalue weighted by Crippen LogP contribution is 2.37. The summed E-state index contributed by atoms with van der Waals surface area (Å²) in [5.41, 5.74) is 4.45. The third-order valence-electron chi connectivity index (χ3n) is 10.5. The molecule has 6 aromatic rings. The molecule has 254 valence electrons. The molecule has 0 spiro atoms. The Morgan fingerprint density at radius 1 is 0.880 bits per heavy atom. The van der Waals surface area contributed by atoms with E-state index in [9.17, 15) is 19.5 Å². The van der Waals surface area contributed by atoms with Gasteiger partial charge in [-0.15, -0.1) is 0 Å². The van der Waals surface area contributed by atoms with Gasteiger partial charge in [-0.05, 0) is 79.8 Å². The number of carboxylic acid groups (broad SMARTS) is 1. The molecule has 0 atom stereocenters. The average molecular weight is 670 g/mol. The molecule has 0 aliphatic heterocycles. The van der Waals surface area contributed by atoms with Crippen LogP contribution in [0, 0.1) is 0 Å². The predicted molar refractivity (Wildman–Crippen MR) is 191 cm³/mol. The van der Waals surface area contributed by atoms with Gasteiger partial charge < -0.3 is 29.3 Å². The average Bonchev–Trinajstić information content (AvgIpc) is 3.95. The van der Waals surface area contributed by atoms with Crippen molar-refractivity contribution in [1.82, 2.24) is 19.4 Å². The molecule has 0 saturated heterocycles. The number of nitrogens with one attached hydrogen (secondary N) is 2. The summed E-state index contributed by atoms with van der Waals surface area (Å²) in [5, 5.41) is 16.8.